The molecule has 1 N–H and O–H groups in total. The van der Waals surface area contributed by atoms with Gasteiger partial charge in [-0.05, 0) is 13.0 Å². The summed E-state index contributed by atoms with van der Waals surface area (Å²) in [4.78, 5) is 11.5. The van der Waals surface area contributed by atoms with Gasteiger partial charge in [0.2, 0.25) is 0 Å². The van der Waals surface area contributed by atoms with Crippen molar-refractivity contribution in [3.05, 3.63) is 22.3 Å². The highest BCUT2D eigenvalue weighted by Crippen LogP contribution is 2.35. The summed E-state index contributed by atoms with van der Waals surface area (Å²) in [5.41, 5.74) is 3.16. The largest absolute Gasteiger partial charge is 0.312 e. The molecule has 2 aromatic rings. The van der Waals surface area contributed by atoms with Crippen molar-refractivity contribution in [2.24, 2.45) is 0 Å². The van der Waals surface area contributed by atoms with Gasteiger partial charge in [0.15, 0.2) is 0 Å². The van der Waals surface area contributed by atoms with Crippen molar-refractivity contribution >= 4 is 22.7 Å². The molecule has 19 heavy (non-hydrogen) atoms. The van der Waals surface area contributed by atoms with Gasteiger partial charge in [0.05, 0.1) is 16.1 Å². The van der Waals surface area contributed by atoms with E-state index in [4.69, 9.17) is 4.98 Å². The Morgan fingerprint density at radius 1 is 1.32 bits per heavy atom. The number of aromatic nitrogens is 2. The minimum Gasteiger partial charge on any atom is -0.312 e. The van der Waals surface area contributed by atoms with Crippen LogP contribution in [0.4, 0.5) is 0 Å². The number of thiazole rings is 2. The Balaban J connectivity index is 2.29. The van der Waals surface area contributed by atoms with Gasteiger partial charge in [-0.3, -0.25) is 4.98 Å². The van der Waals surface area contributed by atoms with Crippen LogP contribution in [-0.2, 0) is 12.0 Å². The minimum atomic E-state index is 0.0860. The summed E-state index contributed by atoms with van der Waals surface area (Å²) < 4.78 is 0. The van der Waals surface area contributed by atoms with Crippen molar-refractivity contribution in [2.45, 2.75) is 46.1 Å². The SMILES string of the molecule is CCCNCc1sc(-c2cncs2)nc1C(C)(C)C. The molecule has 2 heterocycles. The molecule has 0 aliphatic carbocycles. The first kappa shape index (κ1) is 14.6. The number of hydrogen-bond donors (Lipinski definition) is 1. The van der Waals surface area contributed by atoms with Gasteiger partial charge in [-0.2, -0.15) is 0 Å². The molecule has 0 saturated carbocycles. The van der Waals surface area contributed by atoms with Crippen LogP contribution in [0.15, 0.2) is 11.7 Å². The van der Waals surface area contributed by atoms with Gasteiger partial charge in [-0.15, -0.1) is 22.7 Å². The molecule has 0 radical (unpaired) electrons. The molecular weight excluding hydrogens is 274 g/mol. The van der Waals surface area contributed by atoms with Crippen LogP contribution in [0.2, 0.25) is 0 Å². The first-order chi connectivity index (χ1) is 9.02. The molecule has 2 aromatic heterocycles. The fourth-order valence-electron chi connectivity index (χ4n) is 1.86. The maximum Gasteiger partial charge on any atom is 0.135 e. The lowest BCUT2D eigenvalue weighted by Crippen LogP contribution is -2.19. The second kappa shape index (κ2) is 6.11. The van der Waals surface area contributed by atoms with Crippen LogP contribution >= 0.6 is 22.7 Å². The maximum atomic E-state index is 4.85. The topological polar surface area (TPSA) is 37.8 Å². The Bertz CT molecular complexity index is 509. The Morgan fingerprint density at radius 3 is 2.68 bits per heavy atom. The molecule has 0 bridgehead atoms. The van der Waals surface area contributed by atoms with Crippen molar-refractivity contribution in [1.29, 1.82) is 0 Å². The molecular formula is C14H21N3S2. The first-order valence-corrected chi connectivity index (χ1v) is 8.31. The van der Waals surface area contributed by atoms with Crippen molar-refractivity contribution in [2.75, 3.05) is 6.54 Å². The summed E-state index contributed by atoms with van der Waals surface area (Å²) in [5.74, 6) is 0. The molecule has 0 spiro atoms. The van der Waals surface area contributed by atoms with Crippen LogP contribution in [0.1, 0.15) is 44.7 Å². The zero-order chi connectivity index (χ0) is 13.9. The van der Waals surface area contributed by atoms with Crippen LogP contribution in [0.3, 0.4) is 0 Å². The van der Waals surface area contributed by atoms with Crippen molar-refractivity contribution in [3.8, 4) is 9.88 Å². The number of nitrogens with one attached hydrogen (secondary N) is 1. The molecule has 5 heteroatoms. The van der Waals surface area contributed by atoms with E-state index in [2.05, 4.69) is 38.0 Å². The second-order valence-electron chi connectivity index (χ2n) is 5.58. The Labute approximate surface area is 123 Å². The predicted molar refractivity (Wildman–Crippen MR) is 83.9 cm³/mol. The average Bonchev–Trinajstić information content (AvgIpc) is 2.96. The van der Waals surface area contributed by atoms with Gasteiger partial charge >= 0.3 is 0 Å². The van der Waals surface area contributed by atoms with E-state index in [0.717, 1.165) is 29.4 Å². The number of rotatable bonds is 5. The third-order valence-corrected chi connectivity index (χ3v) is 4.76. The lowest BCUT2D eigenvalue weighted by molar-refractivity contribution is 0.559. The van der Waals surface area contributed by atoms with Gasteiger partial charge in [-0.1, -0.05) is 27.7 Å². The summed E-state index contributed by atoms with van der Waals surface area (Å²) in [7, 11) is 0. The van der Waals surface area contributed by atoms with E-state index in [0.29, 0.717) is 0 Å². The molecule has 0 aliphatic heterocycles. The standard InChI is InChI=1S/C14H21N3S2/c1-5-6-15-7-10-12(14(2,3)4)17-13(19-10)11-8-16-9-18-11/h8-9,15H,5-7H2,1-4H3. The maximum absolute atomic E-state index is 4.85. The fraction of sp³-hybridized carbons (Fsp3) is 0.571. The lowest BCUT2D eigenvalue weighted by atomic mass is 9.91. The van der Waals surface area contributed by atoms with E-state index < -0.39 is 0 Å². The molecule has 104 valence electrons. The van der Waals surface area contributed by atoms with E-state index in [1.165, 1.54) is 10.6 Å². The van der Waals surface area contributed by atoms with Crippen LogP contribution in [0.5, 0.6) is 0 Å². The van der Waals surface area contributed by atoms with Crippen LogP contribution in [0, 0.1) is 0 Å². The molecule has 0 aliphatic rings. The smallest absolute Gasteiger partial charge is 0.135 e. The highest BCUT2D eigenvalue weighted by Gasteiger charge is 2.23. The van der Waals surface area contributed by atoms with Crippen LogP contribution in [0.25, 0.3) is 9.88 Å². The fourth-order valence-corrected chi connectivity index (χ4v) is 3.78. The predicted octanol–water partition coefficient (Wildman–Crippen LogP) is 4.06. The summed E-state index contributed by atoms with van der Waals surface area (Å²) >= 11 is 3.44. The average molecular weight is 295 g/mol. The summed E-state index contributed by atoms with van der Waals surface area (Å²) in [6.45, 7) is 10.8. The quantitative estimate of drug-likeness (QED) is 0.845. The van der Waals surface area contributed by atoms with Crippen LogP contribution in [-0.4, -0.2) is 16.5 Å². The zero-order valence-corrected chi connectivity index (χ0v) is 13.6. The number of nitrogens with zero attached hydrogens (tertiary/aromatic N) is 2. The van der Waals surface area contributed by atoms with Crippen molar-refractivity contribution < 1.29 is 0 Å². The molecule has 3 nitrogen and oxygen atoms in total. The molecule has 0 atom stereocenters. The van der Waals surface area contributed by atoms with Gasteiger partial charge in [0.25, 0.3) is 0 Å². The molecule has 0 unspecified atom stereocenters. The monoisotopic (exact) mass is 295 g/mol. The van der Waals surface area contributed by atoms with Gasteiger partial charge < -0.3 is 5.32 Å². The molecule has 0 saturated heterocycles. The van der Waals surface area contributed by atoms with Crippen molar-refractivity contribution in [3.63, 3.8) is 0 Å². The van der Waals surface area contributed by atoms with Crippen molar-refractivity contribution in [1.82, 2.24) is 15.3 Å². The highest BCUT2D eigenvalue weighted by atomic mass is 32.1. The van der Waals surface area contributed by atoms with E-state index >= 15 is 0 Å². The van der Waals surface area contributed by atoms with Crippen LogP contribution < -0.4 is 5.32 Å². The molecule has 0 fully saturated rings. The Hall–Kier alpha value is -0.780. The third-order valence-electron chi connectivity index (χ3n) is 2.76. The summed E-state index contributed by atoms with van der Waals surface area (Å²) in [6.07, 6.45) is 3.06. The third kappa shape index (κ3) is 3.61. The molecule has 2 rings (SSSR count). The summed E-state index contributed by atoms with van der Waals surface area (Å²) in [6, 6.07) is 0. The van der Waals surface area contributed by atoms with Gasteiger partial charge in [0, 0.05) is 23.0 Å². The Kier molecular flexibility index (Phi) is 4.71. The van der Waals surface area contributed by atoms with E-state index in [9.17, 15) is 0 Å². The molecule has 0 aromatic carbocycles. The normalized spacial score (nSPS) is 12.0. The zero-order valence-electron chi connectivity index (χ0n) is 12.0. The first-order valence-electron chi connectivity index (χ1n) is 6.62. The molecule has 0 amide bonds. The lowest BCUT2D eigenvalue weighted by Gasteiger charge is -2.17. The van der Waals surface area contributed by atoms with E-state index in [1.54, 1.807) is 22.7 Å². The van der Waals surface area contributed by atoms with E-state index in [-0.39, 0.29) is 5.41 Å². The van der Waals surface area contributed by atoms with E-state index in [1.807, 2.05) is 11.7 Å². The Morgan fingerprint density at radius 2 is 2.11 bits per heavy atom. The second-order valence-corrected chi connectivity index (χ2v) is 7.55. The minimum absolute atomic E-state index is 0.0860. The number of hydrogen-bond acceptors (Lipinski definition) is 5. The van der Waals surface area contributed by atoms with Gasteiger partial charge in [0.1, 0.15) is 5.01 Å². The van der Waals surface area contributed by atoms with Gasteiger partial charge in [-0.25, -0.2) is 4.98 Å². The summed E-state index contributed by atoms with van der Waals surface area (Å²) in [5, 5.41) is 4.58. The highest BCUT2D eigenvalue weighted by molar-refractivity contribution is 7.20.